The van der Waals surface area contributed by atoms with E-state index in [1.807, 2.05) is 0 Å². The molecule has 0 radical (unpaired) electrons. The molecule has 0 aliphatic carbocycles. The quantitative estimate of drug-likeness (QED) is 0.461. The molecule has 0 aliphatic rings. The summed E-state index contributed by atoms with van der Waals surface area (Å²) in [5.41, 5.74) is 0.536. The minimum absolute atomic E-state index is 0.110. The Morgan fingerprint density at radius 1 is 1.69 bits per heavy atom. The normalized spacial score (nSPS) is 11.8. The summed E-state index contributed by atoms with van der Waals surface area (Å²) in [6.45, 7) is 1.95. The molecular weight excluding hydrogens is 230 g/mol. The molecule has 0 heterocycles. The zero-order valence-corrected chi connectivity index (χ0v) is 9.40. The van der Waals surface area contributed by atoms with Crippen molar-refractivity contribution in [3.63, 3.8) is 0 Å². The molecule has 16 heavy (non-hydrogen) atoms. The van der Waals surface area contributed by atoms with Gasteiger partial charge in [0.1, 0.15) is 11.1 Å². The maximum absolute atomic E-state index is 10.6. The number of hydrogen-bond acceptors (Lipinski definition) is 3. The molecule has 0 amide bonds. The molecule has 0 N–H and O–H groups in total. The fraction of sp³-hybridized carbons (Fsp3) is 0.273. The molecule has 0 fully saturated rings. The molecule has 1 unspecified atom stereocenters. The van der Waals surface area contributed by atoms with Crippen molar-refractivity contribution in [2.24, 2.45) is 0 Å². The van der Waals surface area contributed by atoms with Crippen molar-refractivity contribution in [2.45, 2.75) is 19.6 Å². The molecule has 5 heteroatoms. The van der Waals surface area contributed by atoms with Gasteiger partial charge in [-0.2, -0.15) is 0 Å². The fourth-order valence-electron chi connectivity index (χ4n) is 1.06. The average molecular weight is 240 g/mol. The van der Waals surface area contributed by atoms with Crippen molar-refractivity contribution in [3.05, 3.63) is 38.9 Å². The first-order chi connectivity index (χ1) is 7.54. The first-order valence-electron chi connectivity index (χ1n) is 4.55. The van der Waals surface area contributed by atoms with Gasteiger partial charge in [0.15, 0.2) is 0 Å². The van der Waals surface area contributed by atoms with Crippen molar-refractivity contribution in [3.8, 4) is 12.3 Å². The second-order valence-electron chi connectivity index (χ2n) is 3.16. The van der Waals surface area contributed by atoms with E-state index < -0.39 is 4.92 Å². The van der Waals surface area contributed by atoms with Crippen LogP contribution in [0.3, 0.4) is 0 Å². The third kappa shape index (κ3) is 3.23. The number of halogens is 1. The highest BCUT2D eigenvalue weighted by Gasteiger charge is 2.12. The van der Waals surface area contributed by atoms with Crippen LogP contribution in [0.15, 0.2) is 18.2 Å². The van der Waals surface area contributed by atoms with Gasteiger partial charge >= 0.3 is 0 Å². The van der Waals surface area contributed by atoms with Crippen LogP contribution in [0, 0.1) is 22.5 Å². The summed E-state index contributed by atoms with van der Waals surface area (Å²) in [5, 5.41) is 10.7. The van der Waals surface area contributed by atoms with Crippen molar-refractivity contribution in [1.82, 2.24) is 0 Å². The second kappa shape index (κ2) is 5.50. The van der Waals surface area contributed by atoms with Crippen LogP contribution in [0.5, 0.6) is 0 Å². The monoisotopic (exact) mass is 239 g/mol. The van der Waals surface area contributed by atoms with Gasteiger partial charge in [0.05, 0.1) is 11.5 Å². The van der Waals surface area contributed by atoms with E-state index in [2.05, 4.69) is 5.92 Å². The molecular formula is C11H10ClNO3. The van der Waals surface area contributed by atoms with Gasteiger partial charge in [-0.05, 0) is 18.6 Å². The lowest BCUT2D eigenvalue weighted by Crippen LogP contribution is -2.04. The largest absolute Gasteiger partial charge is 0.361 e. The van der Waals surface area contributed by atoms with Gasteiger partial charge < -0.3 is 4.74 Å². The highest BCUT2D eigenvalue weighted by Crippen LogP contribution is 2.25. The molecule has 0 aliphatic heterocycles. The van der Waals surface area contributed by atoms with E-state index in [1.54, 1.807) is 13.0 Å². The molecule has 1 aromatic rings. The van der Waals surface area contributed by atoms with Gasteiger partial charge in [0, 0.05) is 6.07 Å². The average Bonchev–Trinajstić information content (AvgIpc) is 2.27. The van der Waals surface area contributed by atoms with E-state index in [9.17, 15) is 10.1 Å². The molecule has 84 valence electrons. The van der Waals surface area contributed by atoms with Crippen LogP contribution in [0.25, 0.3) is 0 Å². The van der Waals surface area contributed by atoms with E-state index in [4.69, 9.17) is 22.8 Å². The lowest BCUT2D eigenvalue weighted by molar-refractivity contribution is -0.384. The van der Waals surface area contributed by atoms with Crippen LogP contribution in [-0.4, -0.2) is 11.0 Å². The van der Waals surface area contributed by atoms with Gasteiger partial charge in [0.2, 0.25) is 0 Å². The number of hydrogen-bond donors (Lipinski definition) is 0. The van der Waals surface area contributed by atoms with Crippen LogP contribution in [-0.2, 0) is 11.3 Å². The summed E-state index contributed by atoms with van der Waals surface area (Å²) in [4.78, 5) is 10.1. The Morgan fingerprint density at radius 2 is 2.38 bits per heavy atom. The van der Waals surface area contributed by atoms with Crippen molar-refractivity contribution in [2.75, 3.05) is 0 Å². The van der Waals surface area contributed by atoms with E-state index >= 15 is 0 Å². The summed E-state index contributed by atoms with van der Waals surface area (Å²) in [5.74, 6) is 2.40. The number of ether oxygens (including phenoxy) is 1. The smallest absolute Gasteiger partial charge is 0.288 e. The van der Waals surface area contributed by atoms with Crippen LogP contribution in [0.4, 0.5) is 5.69 Å². The molecule has 4 nitrogen and oxygen atoms in total. The molecule has 0 aromatic heterocycles. The highest BCUT2D eigenvalue weighted by molar-refractivity contribution is 6.32. The van der Waals surface area contributed by atoms with Crippen LogP contribution >= 0.6 is 11.6 Å². The first kappa shape index (κ1) is 12.5. The van der Waals surface area contributed by atoms with Crippen molar-refractivity contribution >= 4 is 17.3 Å². The number of nitrogens with zero attached hydrogens (tertiary/aromatic N) is 1. The molecule has 0 saturated carbocycles. The van der Waals surface area contributed by atoms with Crippen molar-refractivity contribution < 1.29 is 9.66 Å². The number of nitro benzene ring substituents is 1. The summed E-state index contributed by atoms with van der Waals surface area (Å²) < 4.78 is 5.25. The number of rotatable bonds is 4. The SMILES string of the molecule is C#CC(C)OCc1ccc(Cl)c([N+](=O)[O-])c1. The molecule has 0 saturated heterocycles. The molecule has 1 rings (SSSR count). The minimum Gasteiger partial charge on any atom is -0.361 e. The van der Waals surface area contributed by atoms with Gasteiger partial charge in [-0.3, -0.25) is 10.1 Å². The van der Waals surface area contributed by atoms with Crippen LogP contribution in [0.2, 0.25) is 5.02 Å². The van der Waals surface area contributed by atoms with Gasteiger partial charge in [-0.1, -0.05) is 23.6 Å². The third-order valence-electron chi connectivity index (χ3n) is 1.94. The predicted molar refractivity (Wildman–Crippen MR) is 61.2 cm³/mol. The maximum Gasteiger partial charge on any atom is 0.288 e. The Labute approximate surface area is 98.3 Å². The minimum atomic E-state index is -0.531. The number of benzene rings is 1. The Balaban J connectivity index is 2.80. The van der Waals surface area contributed by atoms with Gasteiger partial charge in [-0.25, -0.2) is 0 Å². The summed E-state index contributed by atoms with van der Waals surface area (Å²) >= 11 is 5.67. The molecule has 0 spiro atoms. The fourth-order valence-corrected chi connectivity index (χ4v) is 1.24. The van der Waals surface area contributed by atoms with E-state index in [0.717, 1.165) is 0 Å². The van der Waals surface area contributed by atoms with Crippen LogP contribution in [0.1, 0.15) is 12.5 Å². The Bertz CT molecular complexity index is 439. The molecule has 1 aromatic carbocycles. The zero-order valence-electron chi connectivity index (χ0n) is 8.64. The van der Waals surface area contributed by atoms with E-state index in [-0.39, 0.29) is 23.4 Å². The van der Waals surface area contributed by atoms with Crippen LogP contribution < -0.4 is 0 Å². The molecule has 1 atom stereocenters. The predicted octanol–water partition coefficient (Wildman–Crippen LogP) is 2.79. The number of terminal acetylenes is 1. The lowest BCUT2D eigenvalue weighted by atomic mass is 10.2. The zero-order chi connectivity index (χ0) is 12.1. The highest BCUT2D eigenvalue weighted by atomic mass is 35.5. The number of nitro groups is 1. The Morgan fingerprint density at radius 3 is 2.94 bits per heavy atom. The second-order valence-corrected chi connectivity index (χ2v) is 3.57. The third-order valence-corrected chi connectivity index (χ3v) is 2.26. The standard InChI is InChI=1S/C11H10ClNO3/c1-3-8(2)16-7-9-4-5-10(12)11(6-9)13(14)15/h1,4-6,8H,7H2,2H3. The van der Waals surface area contributed by atoms with Gasteiger partial charge in [0.25, 0.3) is 5.69 Å². The lowest BCUT2D eigenvalue weighted by Gasteiger charge is -2.06. The first-order valence-corrected chi connectivity index (χ1v) is 4.93. The summed E-state index contributed by atoms with van der Waals surface area (Å²) in [6.07, 6.45) is 4.81. The van der Waals surface area contributed by atoms with Gasteiger partial charge in [-0.15, -0.1) is 6.42 Å². The Hall–Kier alpha value is -1.57. The maximum atomic E-state index is 10.6. The van der Waals surface area contributed by atoms with E-state index in [0.29, 0.717) is 5.56 Å². The summed E-state index contributed by atoms with van der Waals surface area (Å²) in [7, 11) is 0. The van der Waals surface area contributed by atoms with Crippen molar-refractivity contribution in [1.29, 1.82) is 0 Å². The molecule has 0 bridgehead atoms. The summed E-state index contributed by atoms with van der Waals surface area (Å²) in [6, 6.07) is 4.52. The topological polar surface area (TPSA) is 52.4 Å². The van der Waals surface area contributed by atoms with E-state index in [1.165, 1.54) is 12.1 Å². The Kier molecular flexibility index (Phi) is 4.29.